The van der Waals surface area contributed by atoms with Crippen LogP contribution in [0.3, 0.4) is 0 Å². The number of carbonyl (C=O) groups excluding carboxylic acids is 1. The van der Waals surface area contributed by atoms with E-state index in [0.717, 1.165) is 19.4 Å². The van der Waals surface area contributed by atoms with E-state index in [-0.39, 0.29) is 0 Å². The van der Waals surface area contributed by atoms with Gasteiger partial charge in [0.25, 0.3) is 0 Å². The van der Waals surface area contributed by atoms with E-state index in [4.69, 9.17) is 0 Å². The summed E-state index contributed by atoms with van der Waals surface area (Å²) in [7, 11) is 2.08. The Labute approximate surface area is 85.5 Å². The zero-order valence-corrected chi connectivity index (χ0v) is 8.65. The lowest BCUT2D eigenvalue weighted by atomic mass is 10.1. The van der Waals surface area contributed by atoms with E-state index in [2.05, 4.69) is 17.3 Å². The highest BCUT2D eigenvalue weighted by molar-refractivity contribution is 5.65. The number of aldehydes is 1. The zero-order valence-electron chi connectivity index (χ0n) is 8.65. The largest absolute Gasteiger partial charge is 0.377 e. The minimum atomic E-state index is 0.636. The fraction of sp³-hybridized carbons (Fsp3) is 0.545. The second-order valence-corrected chi connectivity index (χ2v) is 3.51. The molecule has 14 heavy (non-hydrogen) atoms. The number of nitrogens with zero attached hydrogens (tertiary/aromatic N) is 1. The smallest absolute Gasteiger partial charge is 0.142 e. The average molecular weight is 194 g/mol. The van der Waals surface area contributed by atoms with Gasteiger partial charge in [-0.1, -0.05) is 6.08 Å². The van der Waals surface area contributed by atoms with Crippen LogP contribution in [-0.2, 0) is 4.79 Å². The molecule has 1 saturated heterocycles. The molecule has 1 heterocycles. The van der Waals surface area contributed by atoms with Gasteiger partial charge >= 0.3 is 0 Å². The Morgan fingerprint density at radius 2 is 1.93 bits per heavy atom. The SMILES string of the molecule is CN(/C=C\C=C/C=O)C1CCNCC1. The molecule has 0 spiro atoms. The number of rotatable bonds is 4. The summed E-state index contributed by atoms with van der Waals surface area (Å²) in [6.45, 7) is 2.21. The van der Waals surface area contributed by atoms with E-state index < -0.39 is 0 Å². The van der Waals surface area contributed by atoms with Gasteiger partial charge in [-0.15, -0.1) is 0 Å². The monoisotopic (exact) mass is 194 g/mol. The van der Waals surface area contributed by atoms with Crippen molar-refractivity contribution < 1.29 is 4.79 Å². The number of hydrogen-bond acceptors (Lipinski definition) is 3. The van der Waals surface area contributed by atoms with Crippen molar-refractivity contribution in [3.05, 3.63) is 24.4 Å². The van der Waals surface area contributed by atoms with Gasteiger partial charge in [0, 0.05) is 13.1 Å². The summed E-state index contributed by atoms with van der Waals surface area (Å²) >= 11 is 0. The van der Waals surface area contributed by atoms with Gasteiger partial charge < -0.3 is 10.2 Å². The maximum atomic E-state index is 10.0. The number of carbonyl (C=O) groups is 1. The highest BCUT2D eigenvalue weighted by Gasteiger charge is 2.14. The van der Waals surface area contributed by atoms with Crippen molar-refractivity contribution in [3.63, 3.8) is 0 Å². The van der Waals surface area contributed by atoms with E-state index in [1.54, 1.807) is 6.08 Å². The third-order valence-corrected chi connectivity index (χ3v) is 2.51. The molecule has 1 N–H and O–H groups in total. The van der Waals surface area contributed by atoms with Crippen LogP contribution < -0.4 is 5.32 Å². The molecule has 0 aromatic heterocycles. The van der Waals surface area contributed by atoms with E-state index >= 15 is 0 Å². The van der Waals surface area contributed by atoms with Gasteiger partial charge in [0.15, 0.2) is 0 Å². The molecule has 0 aromatic rings. The molecule has 1 rings (SSSR count). The van der Waals surface area contributed by atoms with Crippen molar-refractivity contribution in [1.82, 2.24) is 10.2 Å². The number of piperidine rings is 1. The molecule has 3 heteroatoms. The maximum Gasteiger partial charge on any atom is 0.142 e. The minimum absolute atomic E-state index is 0.636. The minimum Gasteiger partial charge on any atom is -0.377 e. The Bertz CT molecular complexity index is 217. The number of allylic oxidation sites excluding steroid dienone is 3. The molecule has 0 aliphatic carbocycles. The van der Waals surface area contributed by atoms with Crippen LogP contribution in [0.2, 0.25) is 0 Å². The first-order valence-electron chi connectivity index (χ1n) is 5.06. The predicted molar refractivity (Wildman–Crippen MR) is 58.0 cm³/mol. The molecule has 0 atom stereocenters. The van der Waals surface area contributed by atoms with Gasteiger partial charge in [0.05, 0.1) is 0 Å². The molecule has 0 saturated carbocycles. The van der Waals surface area contributed by atoms with Crippen LogP contribution >= 0.6 is 0 Å². The van der Waals surface area contributed by atoms with Gasteiger partial charge in [-0.05, 0) is 44.3 Å². The van der Waals surface area contributed by atoms with E-state index in [1.165, 1.54) is 18.9 Å². The van der Waals surface area contributed by atoms with Crippen LogP contribution in [0.5, 0.6) is 0 Å². The van der Waals surface area contributed by atoms with Crippen LogP contribution in [0.4, 0.5) is 0 Å². The molecular formula is C11H18N2O. The van der Waals surface area contributed by atoms with E-state index in [1.807, 2.05) is 12.3 Å². The standard InChI is InChI=1S/C11H18N2O/c1-13(9-3-2-4-10-14)11-5-7-12-8-6-11/h2-4,9-12H,5-8H2,1H3/b4-2-,9-3-. The van der Waals surface area contributed by atoms with E-state index in [0.29, 0.717) is 6.04 Å². The summed E-state index contributed by atoms with van der Waals surface area (Å²) in [6, 6.07) is 0.636. The summed E-state index contributed by atoms with van der Waals surface area (Å²) < 4.78 is 0. The van der Waals surface area contributed by atoms with Gasteiger partial charge in [0.2, 0.25) is 0 Å². The fourth-order valence-electron chi connectivity index (χ4n) is 1.63. The molecule has 0 bridgehead atoms. The van der Waals surface area contributed by atoms with Crippen molar-refractivity contribution >= 4 is 6.29 Å². The lowest BCUT2D eigenvalue weighted by molar-refractivity contribution is -0.104. The second kappa shape index (κ2) is 6.38. The van der Waals surface area contributed by atoms with Crippen molar-refractivity contribution in [2.24, 2.45) is 0 Å². The highest BCUT2D eigenvalue weighted by Crippen LogP contribution is 2.09. The molecule has 0 amide bonds. The summed E-state index contributed by atoms with van der Waals surface area (Å²) in [5, 5.41) is 3.33. The quantitative estimate of drug-likeness (QED) is 0.410. The molecule has 1 fully saturated rings. The summed E-state index contributed by atoms with van der Waals surface area (Å²) in [5.41, 5.74) is 0. The normalized spacial score (nSPS) is 19.2. The molecule has 1 aliphatic heterocycles. The van der Waals surface area contributed by atoms with Crippen LogP contribution in [-0.4, -0.2) is 37.4 Å². The molecule has 0 radical (unpaired) electrons. The van der Waals surface area contributed by atoms with Crippen molar-refractivity contribution in [2.75, 3.05) is 20.1 Å². The van der Waals surface area contributed by atoms with Crippen molar-refractivity contribution in [1.29, 1.82) is 0 Å². The van der Waals surface area contributed by atoms with Gasteiger partial charge in [-0.2, -0.15) is 0 Å². The first kappa shape index (κ1) is 11.0. The van der Waals surface area contributed by atoms with Crippen molar-refractivity contribution in [2.45, 2.75) is 18.9 Å². The molecule has 0 unspecified atom stereocenters. The first-order chi connectivity index (χ1) is 6.84. The maximum absolute atomic E-state index is 10.0. The van der Waals surface area contributed by atoms with Crippen LogP contribution in [0.15, 0.2) is 24.4 Å². The topological polar surface area (TPSA) is 32.3 Å². The summed E-state index contributed by atoms with van der Waals surface area (Å²) in [6.07, 6.45) is 10.3. The molecule has 0 aromatic carbocycles. The van der Waals surface area contributed by atoms with Gasteiger partial charge in [-0.3, -0.25) is 4.79 Å². The van der Waals surface area contributed by atoms with Gasteiger partial charge in [-0.25, -0.2) is 0 Å². The number of hydrogen-bond donors (Lipinski definition) is 1. The van der Waals surface area contributed by atoms with Gasteiger partial charge in [0.1, 0.15) is 6.29 Å². The van der Waals surface area contributed by atoms with Crippen LogP contribution in [0, 0.1) is 0 Å². The summed E-state index contributed by atoms with van der Waals surface area (Å²) in [4.78, 5) is 12.2. The molecule has 78 valence electrons. The predicted octanol–water partition coefficient (Wildman–Crippen LogP) is 0.939. The number of nitrogens with one attached hydrogen (secondary N) is 1. The lowest BCUT2D eigenvalue weighted by Gasteiger charge is -2.30. The fourth-order valence-corrected chi connectivity index (χ4v) is 1.63. The van der Waals surface area contributed by atoms with Crippen molar-refractivity contribution in [3.8, 4) is 0 Å². The third-order valence-electron chi connectivity index (χ3n) is 2.51. The van der Waals surface area contributed by atoms with Crippen LogP contribution in [0.25, 0.3) is 0 Å². The Kier molecular flexibility index (Phi) is 5.00. The summed E-state index contributed by atoms with van der Waals surface area (Å²) in [5.74, 6) is 0. The Hall–Kier alpha value is -1.09. The molecule has 3 nitrogen and oxygen atoms in total. The second-order valence-electron chi connectivity index (χ2n) is 3.51. The Balaban J connectivity index is 2.31. The van der Waals surface area contributed by atoms with Crippen LogP contribution in [0.1, 0.15) is 12.8 Å². The third kappa shape index (κ3) is 3.75. The lowest BCUT2D eigenvalue weighted by Crippen LogP contribution is -2.38. The average Bonchev–Trinajstić information content (AvgIpc) is 2.25. The molecule has 1 aliphatic rings. The Morgan fingerprint density at radius 3 is 2.57 bits per heavy atom. The highest BCUT2D eigenvalue weighted by atomic mass is 16.1. The zero-order chi connectivity index (χ0) is 10.2. The first-order valence-corrected chi connectivity index (χ1v) is 5.06. The Morgan fingerprint density at radius 1 is 1.21 bits per heavy atom. The molecular weight excluding hydrogens is 176 g/mol. The van der Waals surface area contributed by atoms with E-state index in [9.17, 15) is 4.79 Å².